The minimum atomic E-state index is 0.670. The van der Waals surface area contributed by atoms with Gasteiger partial charge in [-0.25, -0.2) is 15.0 Å². The van der Waals surface area contributed by atoms with E-state index >= 15 is 0 Å². The lowest BCUT2D eigenvalue weighted by atomic mass is 9.93. The fourth-order valence-corrected chi connectivity index (χ4v) is 8.38. The summed E-state index contributed by atoms with van der Waals surface area (Å²) in [5.41, 5.74) is 14.8. The molecule has 2 aromatic heterocycles. The normalized spacial score (nSPS) is 11.3. The topological polar surface area (TPSA) is 38.7 Å². The van der Waals surface area contributed by atoms with E-state index in [1.807, 2.05) is 12.1 Å². The molecule has 0 fully saturated rings. The molecule has 0 bridgehead atoms. The fourth-order valence-electron chi connectivity index (χ4n) is 8.38. The third kappa shape index (κ3) is 6.58. The predicted octanol–water partition coefficient (Wildman–Crippen LogP) is 15.0. The Morgan fingerprint density at radius 1 is 0.250 bits per heavy atom. The van der Waals surface area contributed by atoms with Crippen molar-refractivity contribution >= 4 is 32.4 Å². The molecule has 0 saturated carbocycles. The molecule has 0 atom stereocenters. The number of hydrogen-bond donors (Lipinski definition) is 0. The number of nitrogens with zero attached hydrogens (tertiary/aromatic N) is 3. The van der Waals surface area contributed by atoms with Gasteiger partial charge in [0.15, 0.2) is 5.82 Å². The lowest BCUT2D eigenvalue weighted by Gasteiger charge is -2.14. The zero-order valence-electron chi connectivity index (χ0n) is 32.7. The summed E-state index contributed by atoms with van der Waals surface area (Å²) in [6, 6.07) is 79.2. The zero-order valence-corrected chi connectivity index (χ0v) is 32.7. The van der Waals surface area contributed by atoms with E-state index in [4.69, 9.17) is 15.0 Å². The summed E-state index contributed by atoms with van der Waals surface area (Å²) >= 11 is 0. The molecule has 11 aromatic rings. The van der Waals surface area contributed by atoms with Gasteiger partial charge in [0.1, 0.15) is 0 Å². The Bertz CT molecular complexity index is 3210. The van der Waals surface area contributed by atoms with E-state index < -0.39 is 0 Å². The molecular formula is C57H37N3. The minimum absolute atomic E-state index is 0.670. The Labute approximate surface area is 349 Å². The van der Waals surface area contributed by atoms with Gasteiger partial charge in [-0.15, -0.1) is 0 Å². The molecule has 0 aliphatic carbocycles. The van der Waals surface area contributed by atoms with Crippen molar-refractivity contribution in [3.05, 3.63) is 224 Å². The summed E-state index contributed by atoms with van der Waals surface area (Å²) < 4.78 is 0. The molecule has 9 aromatic carbocycles. The summed E-state index contributed by atoms with van der Waals surface area (Å²) in [6.45, 7) is 0. The smallest absolute Gasteiger partial charge is 0.160 e. The van der Waals surface area contributed by atoms with Crippen LogP contribution < -0.4 is 0 Å². The molecule has 280 valence electrons. The lowest BCUT2D eigenvalue weighted by molar-refractivity contribution is 1.18. The second-order valence-corrected chi connectivity index (χ2v) is 15.2. The molecule has 0 radical (unpaired) electrons. The number of hydrogen-bond acceptors (Lipinski definition) is 3. The van der Waals surface area contributed by atoms with Crippen LogP contribution in [0.4, 0.5) is 0 Å². The van der Waals surface area contributed by atoms with Crippen molar-refractivity contribution < 1.29 is 0 Å². The first-order chi connectivity index (χ1) is 29.7. The quantitative estimate of drug-likeness (QED) is 0.152. The number of aromatic nitrogens is 3. The lowest BCUT2D eigenvalue weighted by Crippen LogP contribution is -1.96. The highest BCUT2D eigenvalue weighted by Gasteiger charge is 2.16. The van der Waals surface area contributed by atoms with E-state index in [-0.39, 0.29) is 0 Å². The van der Waals surface area contributed by atoms with Crippen molar-refractivity contribution in [2.75, 3.05) is 0 Å². The van der Waals surface area contributed by atoms with Gasteiger partial charge < -0.3 is 0 Å². The maximum Gasteiger partial charge on any atom is 0.160 e. The van der Waals surface area contributed by atoms with Gasteiger partial charge in [0.05, 0.1) is 22.6 Å². The summed E-state index contributed by atoms with van der Waals surface area (Å²) in [5, 5.41) is 5.91. The van der Waals surface area contributed by atoms with Crippen LogP contribution in [0.3, 0.4) is 0 Å². The van der Waals surface area contributed by atoms with Crippen LogP contribution in [0.2, 0.25) is 0 Å². The Morgan fingerprint density at radius 2 is 0.700 bits per heavy atom. The number of rotatable bonds is 7. The third-order valence-corrected chi connectivity index (χ3v) is 11.5. The molecule has 0 amide bonds. The Morgan fingerprint density at radius 3 is 1.28 bits per heavy atom. The average molecular weight is 764 g/mol. The number of fused-ring (bicyclic) bond motifs is 5. The molecule has 0 aliphatic rings. The van der Waals surface area contributed by atoms with Crippen molar-refractivity contribution in [3.8, 4) is 78.5 Å². The molecule has 0 spiro atoms. The minimum Gasteiger partial charge on any atom is -0.247 e. The van der Waals surface area contributed by atoms with Crippen LogP contribution in [0.15, 0.2) is 224 Å². The summed E-state index contributed by atoms with van der Waals surface area (Å²) in [7, 11) is 0. The van der Waals surface area contributed by atoms with Crippen molar-refractivity contribution in [2.45, 2.75) is 0 Å². The molecule has 60 heavy (non-hydrogen) atoms. The molecule has 0 aliphatic heterocycles. The van der Waals surface area contributed by atoms with Crippen LogP contribution in [0.5, 0.6) is 0 Å². The first kappa shape index (κ1) is 35.2. The molecule has 3 heteroatoms. The highest BCUT2D eigenvalue weighted by Crippen LogP contribution is 2.39. The molecule has 11 rings (SSSR count). The molecule has 2 heterocycles. The molecule has 3 nitrogen and oxygen atoms in total. The van der Waals surface area contributed by atoms with Crippen LogP contribution in [0, 0.1) is 0 Å². The number of benzene rings is 9. The fraction of sp³-hybridized carbons (Fsp3) is 0. The van der Waals surface area contributed by atoms with Crippen LogP contribution in [0.25, 0.3) is 111 Å². The van der Waals surface area contributed by atoms with E-state index in [9.17, 15) is 0 Å². The molecular weight excluding hydrogens is 727 g/mol. The van der Waals surface area contributed by atoms with Crippen LogP contribution in [-0.4, -0.2) is 15.0 Å². The van der Waals surface area contributed by atoms with Crippen LogP contribution in [-0.2, 0) is 0 Å². The van der Waals surface area contributed by atoms with Gasteiger partial charge in [0.2, 0.25) is 0 Å². The Kier molecular flexibility index (Phi) is 8.83. The van der Waals surface area contributed by atoms with Gasteiger partial charge in [-0.2, -0.15) is 0 Å². The first-order valence-electron chi connectivity index (χ1n) is 20.3. The summed E-state index contributed by atoms with van der Waals surface area (Å²) in [5.74, 6) is 0.670. The second kappa shape index (κ2) is 15.1. The van der Waals surface area contributed by atoms with E-state index in [0.29, 0.717) is 5.82 Å². The second-order valence-electron chi connectivity index (χ2n) is 15.2. The van der Waals surface area contributed by atoms with E-state index in [1.165, 1.54) is 49.5 Å². The zero-order chi connectivity index (χ0) is 39.8. The van der Waals surface area contributed by atoms with Gasteiger partial charge in [-0.05, 0) is 62.4 Å². The molecule has 0 unspecified atom stereocenters. The Hall–Kier alpha value is -8.01. The summed E-state index contributed by atoms with van der Waals surface area (Å²) in [4.78, 5) is 15.8. The highest BCUT2D eigenvalue weighted by atomic mass is 14.9. The maximum absolute atomic E-state index is 5.35. The highest BCUT2D eigenvalue weighted by molar-refractivity contribution is 6.22. The van der Waals surface area contributed by atoms with Gasteiger partial charge in [-0.3, -0.25) is 0 Å². The summed E-state index contributed by atoms with van der Waals surface area (Å²) in [6.07, 6.45) is 0. The number of pyridine rings is 1. The first-order valence-corrected chi connectivity index (χ1v) is 20.3. The average Bonchev–Trinajstić information content (AvgIpc) is 3.34. The van der Waals surface area contributed by atoms with Gasteiger partial charge in [0.25, 0.3) is 0 Å². The van der Waals surface area contributed by atoms with Gasteiger partial charge in [0, 0.05) is 38.4 Å². The van der Waals surface area contributed by atoms with Crippen molar-refractivity contribution in [1.82, 2.24) is 15.0 Å². The van der Waals surface area contributed by atoms with Crippen molar-refractivity contribution in [3.63, 3.8) is 0 Å². The Balaban J connectivity index is 1.02. The molecule has 0 saturated heterocycles. The standard InChI is InChI=1S/C57H37N3/c1-4-12-38(13-5-1)41-20-24-44(25-21-41)53-37-54(45-26-22-42(23-27-45)39-14-6-2-7-15-39)60-57(59-53)47-30-28-46(29-31-47)56-50-34-32-43-18-10-11-19-49(43)55(50)51-36-48(33-35-52(51)58-56)40-16-8-3-9-17-40/h1-37H. The SMILES string of the molecule is c1ccc(-c2ccc(-c3cc(-c4ccc(-c5ccccc5)cc4)nc(-c4ccc(-c5nc6ccc(-c7ccccc7)cc6c6c5ccc5ccccc56)cc4)n3)cc2)cc1. The maximum atomic E-state index is 5.35. The predicted molar refractivity (Wildman–Crippen MR) is 250 cm³/mol. The van der Waals surface area contributed by atoms with Crippen molar-refractivity contribution in [2.24, 2.45) is 0 Å². The molecule has 0 N–H and O–H groups in total. The van der Waals surface area contributed by atoms with Crippen LogP contribution in [0.1, 0.15) is 0 Å². The van der Waals surface area contributed by atoms with Gasteiger partial charge >= 0.3 is 0 Å². The largest absolute Gasteiger partial charge is 0.247 e. The van der Waals surface area contributed by atoms with Crippen molar-refractivity contribution in [1.29, 1.82) is 0 Å². The van der Waals surface area contributed by atoms with Gasteiger partial charge in [-0.1, -0.05) is 206 Å². The third-order valence-electron chi connectivity index (χ3n) is 11.5. The van der Waals surface area contributed by atoms with E-state index in [2.05, 4.69) is 212 Å². The van der Waals surface area contributed by atoms with Crippen LogP contribution >= 0.6 is 0 Å². The van der Waals surface area contributed by atoms with E-state index in [0.717, 1.165) is 55.6 Å². The van der Waals surface area contributed by atoms with E-state index in [1.54, 1.807) is 0 Å². The monoisotopic (exact) mass is 763 g/mol.